The lowest BCUT2D eigenvalue weighted by molar-refractivity contribution is -0.147. The van der Waals surface area contributed by atoms with Crippen molar-refractivity contribution < 1.29 is 9.59 Å². The van der Waals surface area contributed by atoms with E-state index in [-0.39, 0.29) is 30.3 Å². The van der Waals surface area contributed by atoms with Crippen LogP contribution in [0.2, 0.25) is 0 Å². The predicted octanol–water partition coefficient (Wildman–Crippen LogP) is 4.70. The summed E-state index contributed by atoms with van der Waals surface area (Å²) in [5, 5.41) is 2.03. The van der Waals surface area contributed by atoms with Crippen molar-refractivity contribution in [1.82, 2.24) is 9.80 Å². The van der Waals surface area contributed by atoms with Crippen LogP contribution in [0, 0.1) is 5.92 Å². The van der Waals surface area contributed by atoms with Gasteiger partial charge < -0.3 is 9.80 Å². The van der Waals surface area contributed by atoms with Crippen molar-refractivity contribution in [2.24, 2.45) is 5.92 Å². The Labute approximate surface area is 172 Å². The highest BCUT2D eigenvalue weighted by molar-refractivity contribution is 7.09. The second-order valence-electron chi connectivity index (χ2n) is 7.67. The third kappa shape index (κ3) is 5.22. The summed E-state index contributed by atoms with van der Waals surface area (Å²) in [6.45, 7) is 5.43. The fourth-order valence-corrected chi connectivity index (χ4v) is 4.15. The normalized spacial score (nSPS) is 14.9. The molecule has 1 saturated carbocycles. The molecule has 1 atom stereocenters. The first kappa shape index (κ1) is 20.6. The smallest absolute Gasteiger partial charge is 0.242 e. The molecule has 0 N–H and O–H groups in total. The van der Waals surface area contributed by atoms with E-state index in [4.69, 9.17) is 0 Å². The molecule has 2 amide bonds. The first-order chi connectivity index (χ1) is 13.6. The van der Waals surface area contributed by atoms with Crippen LogP contribution < -0.4 is 0 Å². The van der Waals surface area contributed by atoms with Crippen LogP contribution >= 0.6 is 11.3 Å². The van der Waals surface area contributed by atoms with Gasteiger partial charge in [0, 0.05) is 23.4 Å². The van der Waals surface area contributed by atoms with E-state index in [9.17, 15) is 9.59 Å². The molecule has 150 valence electrons. The lowest BCUT2D eigenvalue weighted by Crippen LogP contribution is -2.49. The van der Waals surface area contributed by atoms with Gasteiger partial charge in [-0.1, -0.05) is 49.7 Å². The zero-order valence-electron chi connectivity index (χ0n) is 16.8. The number of thiophene rings is 1. The molecule has 0 radical (unpaired) electrons. The van der Waals surface area contributed by atoms with Crippen LogP contribution in [0.4, 0.5) is 0 Å². The highest BCUT2D eigenvalue weighted by Gasteiger charge is 2.33. The Morgan fingerprint density at radius 2 is 1.86 bits per heavy atom. The highest BCUT2D eigenvalue weighted by atomic mass is 32.1. The zero-order chi connectivity index (χ0) is 19.9. The molecule has 1 aromatic heterocycles. The summed E-state index contributed by atoms with van der Waals surface area (Å²) >= 11 is 1.66. The van der Waals surface area contributed by atoms with Crippen molar-refractivity contribution in [3.63, 3.8) is 0 Å². The van der Waals surface area contributed by atoms with Gasteiger partial charge in [0.05, 0.1) is 6.54 Å². The van der Waals surface area contributed by atoms with Gasteiger partial charge in [-0.3, -0.25) is 9.59 Å². The van der Waals surface area contributed by atoms with E-state index in [0.29, 0.717) is 13.1 Å². The minimum absolute atomic E-state index is 0.0187. The average molecular weight is 399 g/mol. The summed E-state index contributed by atoms with van der Waals surface area (Å²) < 4.78 is 0. The van der Waals surface area contributed by atoms with Gasteiger partial charge in [0.15, 0.2) is 0 Å². The molecule has 1 aromatic carbocycles. The number of rotatable bonds is 9. The topological polar surface area (TPSA) is 40.6 Å². The fraction of sp³-hybridized carbons (Fsp3) is 0.478. The number of hydrogen-bond donors (Lipinski definition) is 0. The summed E-state index contributed by atoms with van der Waals surface area (Å²) in [6, 6.07) is 14.2. The van der Waals surface area contributed by atoms with Gasteiger partial charge in [-0.15, -0.1) is 11.3 Å². The van der Waals surface area contributed by atoms with E-state index in [1.54, 1.807) is 11.3 Å². The number of amides is 2. The SMILES string of the molecule is CCC(C)N(CC(=O)N(Cc1ccccc1)Cc1cccs1)C(=O)C1CCC1. The molecule has 1 fully saturated rings. The van der Waals surface area contributed by atoms with Gasteiger partial charge in [0.1, 0.15) is 6.54 Å². The van der Waals surface area contributed by atoms with E-state index < -0.39 is 0 Å². The molecule has 3 rings (SSSR count). The summed E-state index contributed by atoms with van der Waals surface area (Å²) in [7, 11) is 0. The number of hydrogen-bond acceptors (Lipinski definition) is 3. The summed E-state index contributed by atoms with van der Waals surface area (Å²) in [5.41, 5.74) is 1.10. The molecule has 28 heavy (non-hydrogen) atoms. The quantitative estimate of drug-likeness (QED) is 0.614. The molecule has 2 aromatic rings. The molecule has 0 spiro atoms. The maximum atomic E-state index is 13.3. The minimum Gasteiger partial charge on any atom is -0.332 e. The van der Waals surface area contributed by atoms with Crippen LogP contribution in [-0.4, -0.2) is 34.2 Å². The first-order valence-electron chi connectivity index (χ1n) is 10.2. The largest absolute Gasteiger partial charge is 0.332 e. The van der Waals surface area contributed by atoms with Gasteiger partial charge in [-0.2, -0.15) is 0 Å². The van der Waals surface area contributed by atoms with E-state index in [2.05, 4.69) is 13.0 Å². The summed E-state index contributed by atoms with van der Waals surface area (Å²) in [6.07, 6.45) is 3.90. The van der Waals surface area contributed by atoms with Crippen LogP contribution in [-0.2, 0) is 22.7 Å². The van der Waals surface area contributed by atoms with E-state index in [1.165, 1.54) is 0 Å². The molecular formula is C23H30N2O2S. The second-order valence-corrected chi connectivity index (χ2v) is 8.70. The number of nitrogens with zero attached hydrogens (tertiary/aromatic N) is 2. The monoisotopic (exact) mass is 398 g/mol. The van der Waals surface area contributed by atoms with E-state index in [1.807, 2.05) is 58.5 Å². The summed E-state index contributed by atoms with van der Waals surface area (Å²) in [4.78, 5) is 31.0. The van der Waals surface area contributed by atoms with Crippen molar-refractivity contribution >= 4 is 23.2 Å². The average Bonchev–Trinajstić information content (AvgIpc) is 3.17. The van der Waals surface area contributed by atoms with Crippen molar-refractivity contribution in [2.45, 2.75) is 58.7 Å². The molecule has 0 bridgehead atoms. The number of carbonyl (C=O) groups excluding carboxylic acids is 2. The Balaban J connectivity index is 1.74. The van der Waals surface area contributed by atoms with Crippen LogP contribution in [0.1, 0.15) is 50.0 Å². The Kier molecular flexibility index (Phi) is 7.26. The van der Waals surface area contributed by atoms with Gasteiger partial charge >= 0.3 is 0 Å². The highest BCUT2D eigenvalue weighted by Crippen LogP contribution is 2.29. The van der Waals surface area contributed by atoms with Crippen molar-refractivity contribution in [3.8, 4) is 0 Å². The number of carbonyl (C=O) groups is 2. The zero-order valence-corrected chi connectivity index (χ0v) is 17.7. The van der Waals surface area contributed by atoms with Crippen LogP contribution in [0.5, 0.6) is 0 Å². The molecule has 0 saturated heterocycles. The third-order valence-electron chi connectivity index (χ3n) is 5.66. The Hall–Kier alpha value is -2.14. The van der Waals surface area contributed by atoms with Gasteiger partial charge in [0.25, 0.3) is 0 Å². The Bertz CT molecular complexity index is 756. The molecular weight excluding hydrogens is 368 g/mol. The van der Waals surface area contributed by atoms with Crippen LogP contribution in [0.25, 0.3) is 0 Å². The van der Waals surface area contributed by atoms with Crippen molar-refractivity contribution in [3.05, 3.63) is 58.3 Å². The van der Waals surface area contributed by atoms with Gasteiger partial charge in [0.2, 0.25) is 11.8 Å². The maximum absolute atomic E-state index is 13.3. The van der Waals surface area contributed by atoms with Crippen LogP contribution in [0.15, 0.2) is 47.8 Å². The minimum atomic E-state index is 0.0187. The fourth-order valence-electron chi connectivity index (χ4n) is 3.43. The Morgan fingerprint density at radius 3 is 2.43 bits per heavy atom. The lowest BCUT2D eigenvalue weighted by Gasteiger charge is -2.36. The van der Waals surface area contributed by atoms with E-state index >= 15 is 0 Å². The van der Waals surface area contributed by atoms with Crippen LogP contribution in [0.3, 0.4) is 0 Å². The Morgan fingerprint density at radius 1 is 1.11 bits per heavy atom. The van der Waals surface area contributed by atoms with Gasteiger partial charge in [-0.25, -0.2) is 0 Å². The summed E-state index contributed by atoms with van der Waals surface area (Å²) in [5.74, 6) is 0.289. The second kappa shape index (κ2) is 9.87. The standard InChI is InChI=1S/C23H30N2O2S/c1-3-18(2)25(23(27)20-11-7-12-20)17-22(26)24(16-21-13-8-14-28-21)15-19-9-5-4-6-10-19/h4-6,8-10,13-14,18,20H,3,7,11-12,15-17H2,1-2H3. The lowest BCUT2D eigenvalue weighted by atomic mass is 9.84. The molecule has 1 unspecified atom stereocenters. The van der Waals surface area contributed by atoms with E-state index in [0.717, 1.165) is 36.1 Å². The molecule has 4 nitrogen and oxygen atoms in total. The molecule has 1 heterocycles. The van der Waals surface area contributed by atoms with Gasteiger partial charge in [-0.05, 0) is 43.2 Å². The molecule has 1 aliphatic carbocycles. The predicted molar refractivity (Wildman–Crippen MR) is 114 cm³/mol. The number of benzene rings is 1. The maximum Gasteiger partial charge on any atom is 0.242 e. The van der Waals surface area contributed by atoms with Crippen molar-refractivity contribution in [2.75, 3.05) is 6.54 Å². The molecule has 0 aliphatic heterocycles. The van der Waals surface area contributed by atoms with Crippen molar-refractivity contribution in [1.29, 1.82) is 0 Å². The molecule has 1 aliphatic rings. The first-order valence-corrected chi connectivity index (χ1v) is 11.1. The molecule has 5 heteroatoms. The third-order valence-corrected chi connectivity index (χ3v) is 6.52.